The summed E-state index contributed by atoms with van der Waals surface area (Å²) in [5, 5.41) is 8.23. The second kappa shape index (κ2) is 6.80. The van der Waals surface area contributed by atoms with Crippen molar-refractivity contribution in [1.82, 2.24) is 9.78 Å². The van der Waals surface area contributed by atoms with E-state index in [1.165, 1.54) is 4.68 Å². The Balaban J connectivity index is 2.10. The molecule has 25 heavy (non-hydrogen) atoms. The highest BCUT2D eigenvalue weighted by molar-refractivity contribution is 9.10. The molecule has 1 amide bonds. The summed E-state index contributed by atoms with van der Waals surface area (Å²) in [7, 11) is 0. The molecular weight excluding hydrogens is 382 g/mol. The van der Waals surface area contributed by atoms with Crippen molar-refractivity contribution in [2.75, 3.05) is 5.32 Å². The summed E-state index contributed by atoms with van der Waals surface area (Å²) in [4.78, 5) is 25.4. The Morgan fingerprint density at radius 3 is 2.48 bits per heavy atom. The van der Waals surface area contributed by atoms with E-state index in [2.05, 4.69) is 26.3 Å². The van der Waals surface area contributed by atoms with Gasteiger partial charge in [-0.05, 0) is 50.6 Å². The van der Waals surface area contributed by atoms with E-state index in [9.17, 15) is 9.59 Å². The Labute approximate surface area is 153 Å². The fourth-order valence-corrected chi connectivity index (χ4v) is 2.88. The molecule has 2 aromatic carbocycles. The Morgan fingerprint density at radius 1 is 1.16 bits per heavy atom. The van der Waals surface area contributed by atoms with Crippen molar-refractivity contribution < 1.29 is 4.79 Å². The minimum atomic E-state index is -0.340. The van der Waals surface area contributed by atoms with E-state index in [0.717, 1.165) is 10.0 Å². The van der Waals surface area contributed by atoms with E-state index in [1.807, 2.05) is 39.0 Å². The maximum atomic E-state index is 12.8. The van der Waals surface area contributed by atoms with Crippen molar-refractivity contribution in [1.29, 1.82) is 0 Å². The SMILES string of the molecule is Cc1cc(NC(=O)c2nn(C(C)C)c(=O)c3ccccc23)ccc1Br. The second-order valence-electron chi connectivity index (χ2n) is 6.16. The quantitative estimate of drug-likeness (QED) is 0.713. The third kappa shape index (κ3) is 3.35. The van der Waals surface area contributed by atoms with E-state index in [0.29, 0.717) is 16.5 Å². The molecule has 0 unspecified atom stereocenters. The van der Waals surface area contributed by atoms with Gasteiger partial charge in [-0.1, -0.05) is 34.1 Å². The highest BCUT2D eigenvalue weighted by Crippen LogP contribution is 2.21. The highest BCUT2D eigenvalue weighted by atomic mass is 79.9. The molecular formula is C19H18BrN3O2. The normalized spacial score (nSPS) is 11.1. The predicted molar refractivity (Wildman–Crippen MR) is 103 cm³/mol. The van der Waals surface area contributed by atoms with Gasteiger partial charge in [0, 0.05) is 15.5 Å². The maximum Gasteiger partial charge on any atom is 0.276 e. The number of nitrogens with one attached hydrogen (secondary N) is 1. The molecule has 3 rings (SSSR count). The predicted octanol–water partition coefficient (Wildman–Crippen LogP) is 4.30. The molecule has 6 heteroatoms. The van der Waals surface area contributed by atoms with Crippen LogP contribution in [-0.2, 0) is 0 Å². The van der Waals surface area contributed by atoms with Gasteiger partial charge in [-0.2, -0.15) is 5.10 Å². The number of hydrogen-bond donors (Lipinski definition) is 1. The topological polar surface area (TPSA) is 64.0 Å². The van der Waals surface area contributed by atoms with Gasteiger partial charge in [0.1, 0.15) is 0 Å². The largest absolute Gasteiger partial charge is 0.321 e. The summed E-state index contributed by atoms with van der Waals surface area (Å²) in [5.74, 6) is -0.340. The second-order valence-corrected chi connectivity index (χ2v) is 7.01. The first-order chi connectivity index (χ1) is 11.9. The van der Waals surface area contributed by atoms with E-state index >= 15 is 0 Å². The summed E-state index contributed by atoms with van der Waals surface area (Å²) in [5.41, 5.74) is 1.74. The van der Waals surface area contributed by atoms with Crippen LogP contribution in [0.25, 0.3) is 10.8 Å². The zero-order valence-electron chi connectivity index (χ0n) is 14.2. The molecule has 0 aliphatic carbocycles. The molecule has 1 heterocycles. The van der Waals surface area contributed by atoms with Gasteiger partial charge in [0.05, 0.1) is 11.4 Å². The molecule has 0 aliphatic rings. The molecule has 5 nitrogen and oxygen atoms in total. The number of aryl methyl sites for hydroxylation is 1. The molecule has 1 aromatic heterocycles. The fourth-order valence-electron chi connectivity index (χ4n) is 2.64. The van der Waals surface area contributed by atoms with Gasteiger partial charge >= 0.3 is 0 Å². The van der Waals surface area contributed by atoms with Gasteiger partial charge in [-0.15, -0.1) is 0 Å². The number of fused-ring (bicyclic) bond motifs is 1. The molecule has 0 atom stereocenters. The van der Waals surface area contributed by atoms with Crippen molar-refractivity contribution in [3.05, 3.63) is 68.5 Å². The van der Waals surface area contributed by atoms with E-state index in [-0.39, 0.29) is 23.2 Å². The minimum Gasteiger partial charge on any atom is -0.321 e. The first-order valence-electron chi connectivity index (χ1n) is 7.97. The maximum absolute atomic E-state index is 12.8. The zero-order valence-corrected chi connectivity index (χ0v) is 15.8. The van der Waals surface area contributed by atoms with Crippen LogP contribution < -0.4 is 10.9 Å². The lowest BCUT2D eigenvalue weighted by atomic mass is 10.1. The lowest BCUT2D eigenvalue weighted by molar-refractivity contribution is 0.102. The molecule has 128 valence electrons. The van der Waals surface area contributed by atoms with Gasteiger partial charge in [-0.3, -0.25) is 9.59 Å². The molecule has 0 radical (unpaired) electrons. The van der Waals surface area contributed by atoms with Gasteiger partial charge in [0.2, 0.25) is 0 Å². The highest BCUT2D eigenvalue weighted by Gasteiger charge is 2.18. The zero-order chi connectivity index (χ0) is 18.1. The monoisotopic (exact) mass is 399 g/mol. The number of carbonyl (C=O) groups is 1. The third-order valence-corrected chi connectivity index (χ3v) is 4.84. The van der Waals surface area contributed by atoms with Crippen LogP contribution >= 0.6 is 15.9 Å². The van der Waals surface area contributed by atoms with Crippen LogP contribution in [-0.4, -0.2) is 15.7 Å². The number of amides is 1. The lowest BCUT2D eigenvalue weighted by Gasteiger charge is -2.13. The van der Waals surface area contributed by atoms with Crippen LogP contribution in [0.4, 0.5) is 5.69 Å². The molecule has 0 saturated heterocycles. The van der Waals surface area contributed by atoms with Gasteiger partial charge in [-0.25, -0.2) is 4.68 Å². The first-order valence-corrected chi connectivity index (χ1v) is 8.77. The number of anilines is 1. The number of halogens is 1. The standard InChI is InChI=1S/C19H18BrN3O2/c1-11(2)23-19(25)15-7-5-4-6-14(15)17(22-23)18(24)21-13-8-9-16(20)12(3)10-13/h4-11H,1-3H3,(H,21,24). The Bertz CT molecular complexity index is 1020. The molecule has 0 aliphatic heterocycles. The van der Waals surface area contributed by atoms with Crippen LogP contribution in [0.15, 0.2) is 51.7 Å². The van der Waals surface area contributed by atoms with E-state index in [4.69, 9.17) is 0 Å². The summed E-state index contributed by atoms with van der Waals surface area (Å²) in [6.45, 7) is 5.68. The smallest absolute Gasteiger partial charge is 0.276 e. The average molecular weight is 400 g/mol. The molecule has 0 fully saturated rings. The molecule has 1 N–H and O–H groups in total. The number of nitrogens with zero attached hydrogens (tertiary/aromatic N) is 2. The number of aromatic nitrogens is 2. The van der Waals surface area contributed by atoms with Crippen LogP contribution in [0.2, 0.25) is 0 Å². The molecule has 0 spiro atoms. The van der Waals surface area contributed by atoms with E-state index in [1.54, 1.807) is 24.3 Å². The number of benzene rings is 2. The fraction of sp³-hybridized carbons (Fsp3) is 0.211. The van der Waals surface area contributed by atoms with Gasteiger partial charge in [0.25, 0.3) is 11.5 Å². The third-order valence-electron chi connectivity index (χ3n) is 3.95. The molecule has 0 bridgehead atoms. The van der Waals surface area contributed by atoms with Crippen molar-refractivity contribution in [3.63, 3.8) is 0 Å². The van der Waals surface area contributed by atoms with Crippen LogP contribution in [0.5, 0.6) is 0 Å². The average Bonchev–Trinajstić information content (AvgIpc) is 2.58. The van der Waals surface area contributed by atoms with Gasteiger partial charge in [0.15, 0.2) is 5.69 Å². The summed E-state index contributed by atoms with van der Waals surface area (Å²) in [6.07, 6.45) is 0. The molecule has 3 aromatic rings. The first kappa shape index (κ1) is 17.4. The number of carbonyl (C=O) groups excluding carboxylic acids is 1. The minimum absolute atomic E-state index is 0.140. The summed E-state index contributed by atoms with van der Waals surface area (Å²) < 4.78 is 2.33. The lowest BCUT2D eigenvalue weighted by Crippen LogP contribution is -2.28. The van der Waals surface area contributed by atoms with Crippen molar-refractivity contribution in [2.24, 2.45) is 0 Å². The number of hydrogen-bond acceptors (Lipinski definition) is 3. The van der Waals surface area contributed by atoms with Crippen LogP contribution in [0, 0.1) is 6.92 Å². The van der Waals surface area contributed by atoms with Crippen LogP contribution in [0.3, 0.4) is 0 Å². The summed E-state index contributed by atoms with van der Waals surface area (Å²) in [6, 6.07) is 12.5. The van der Waals surface area contributed by atoms with Crippen molar-refractivity contribution >= 4 is 38.3 Å². The van der Waals surface area contributed by atoms with Gasteiger partial charge < -0.3 is 5.32 Å². The summed E-state index contributed by atoms with van der Waals surface area (Å²) >= 11 is 3.44. The van der Waals surface area contributed by atoms with Crippen molar-refractivity contribution in [3.8, 4) is 0 Å². The van der Waals surface area contributed by atoms with Crippen molar-refractivity contribution in [2.45, 2.75) is 26.8 Å². The molecule has 0 saturated carbocycles. The Kier molecular flexibility index (Phi) is 4.72. The number of rotatable bonds is 3. The Hall–Kier alpha value is -2.47. The van der Waals surface area contributed by atoms with Crippen LogP contribution in [0.1, 0.15) is 35.9 Å². The van der Waals surface area contributed by atoms with E-state index < -0.39 is 0 Å². The Morgan fingerprint density at radius 2 is 1.84 bits per heavy atom.